The third kappa shape index (κ3) is 3.50. The van der Waals surface area contributed by atoms with Gasteiger partial charge in [0.2, 0.25) is 0 Å². The minimum Gasteiger partial charge on any atom is -0.481 e. The maximum absolute atomic E-state index is 12.2. The van der Waals surface area contributed by atoms with Crippen LogP contribution in [-0.2, 0) is 11.2 Å². The second-order valence-corrected chi connectivity index (χ2v) is 5.14. The fraction of sp³-hybridized carbons (Fsp3) is 0.467. The van der Waals surface area contributed by atoms with Gasteiger partial charge in [0.25, 0.3) is 0 Å². The highest BCUT2D eigenvalue weighted by molar-refractivity contribution is 5.90. The van der Waals surface area contributed by atoms with Gasteiger partial charge in [0.15, 0.2) is 0 Å². The first-order valence-electron chi connectivity index (χ1n) is 6.95. The summed E-state index contributed by atoms with van der Waals surface area (Å²) in [4.78, 5) is 24.6. The molecule has 0 bridgehead atoms. The van der Waals surface area contributed by atoms with Gasteiger partial charge in [0.05, 0.1) is 0 Å². The molecule has 1 aliphatic heterocycles. The van der Waals surface area contributed by atoms with Crippen LogP contribution in [0.15, 0.2) is 24.3 Å². The van der Waals surface area contributed by atoms with E-state index in [1.54, 1.807) is 4.90 Å². The number of aryl methyl sites for hydroxylation is 1. The number of aliphatic carboxylic acids is 1. The number of carbonyl (C=O) groups excluding carboxylic acids is 1. The lowest BCUT2D eigenvalue weighted by Crippen LogP contribution is -2.33. The van der Waals surface area contributed by atoms with Gasteiger partial charge in [-0.05, 0) is 30.4 Å². The molecular weight excluding hydrogens is 256 g/mol. The number of para-hydroxylation sites is 1. The Morgan fingerprint density at radius 2 is 2.15 bits per heavy atom. The fourth-order valence-corrected chi connectivity index (χ4v) is 2.58. The molecule has 5 nitrogen and oxygen atoms in total. The summed E-state index contributed by atoms with van der Waals surface area (Å²) in [5.41, 5.74) is 1.93. The highest BCUT2D eigenvalue weighted by Gasteiger charge is 2.27. The van der Waals surface area contributed by atoms with Crippen molar-refractivity contribution in [2.45, 2.75) is 26.2 Å². The summed E-state index contributed by atoms with van der Waals surface area (Å²) < 4.78 is 0. The third-order valence-electron chi connectivity index (χ3n) is 3.68. The van der Waals surface area contributed by atoms with Crippen molar-refractivity contribution in [2.24, 2.45) is 5.92 Å². The molecule has 5 heteroatoms. The quantitative estimate of drug-likeness (QED) is 0.888. The van der Waals surface area contributed by atoms with Gasteiger partial charge in [-0.1, -0.05) is 25.1 Å². The molecule has 0 aliphatic carbocycles. The Morgan fingerprint density at radius 1 is 1.40 bits per heavy atom. The van der Waals surface area contributed by atoms with Gasteiger partial charge in [-0.25, -0.2) is 4.79 Å². The number of hydrogen-bond acceptors (Lipinski definition) is 2. The summed E-state index contributed by atoms with van der Waals surface area (Å²) >= 11 is 0. The normalized spacial score (nSPS) is 18.1. The average molecular weight is 276 g/mol. The van der Waals surface area contributed by atoms with E-state index in [1.165, 1.54) is 0 Å². The summed E-state index contributed by atoms with van der Waals surface area (Å²) in [7, 11) is 0. The molecule has 2 N–H and O–H groups in total. The van der Waals surface area contributed by atoms with Crippen LogP contribution in [0.4, 0.5) is 10.5 Å². The lowest BCUT2D eigenvalue weighted by atomic mass is 10.1. The van der Waals surface area contributed by atoms with Gasteiger partial charge in [-0.2, -0.15) is 0 Å². The smallest absolute Gasteiger partial charge is 0.321 e. The van der Waals surface area contributed by atoms with Crippen molar-refractivity contribution in [3.05, 3.63) is 29.8 Å². The zero-order chi connectivity index (χ0) is 14.5. The molecule has 0 radical (unpaired) electrons. The molecule has 2 amide bonds. The van der Waals surface area contributed by atoms with E-state index in [2.05, 4.69) is 5.32 Å². The van der Waals surface area contributed by atoms with Gasteiger partial charge in [0.1, 0.15) is 0 Å². The number of amides is 2. The standard InChI is InChI=1S/C15H20N2O3/c1-2-12-5-3-4-6-13(12)16-15(20)17-8-7-11(10-17)9-14(18)19/h3-6,11H,2,7-10H2,1H3,(H,16,20)(H,18,19). The van der Waals surface area contributed by atoms with Crippen LogP contribution < -0.4 is 5.32 Å². The maximum atomic E-state index is 12.2. The topological polar surface area (TPSA) is 69.6 Å². The molecule has 0 aromatic heterocycles. The van der Waals surface area contributed by atoms with E-state index >= 15 is 0 Å². The van der Waals surface area contributed by atoms with E-state index in [0.29, 0.717) is 13.1 Å². The number of hydrogen-bond donors (Lipinski definition) is 2. The largest absolute Gasteiger partial charge is 0.481 e. The van der Waals surface area contributed by atoms with Gasteiger partial charge in [-0.15, -0.1) is 0 Å². The molecule has 1 aromatic rings. The molecule has 108 valence electrons. The first-order valence-corrected chi connectivity index (χ1v) is 6.95. The Balaban J connectivity index is 1.94. The maximum Gasteiger partial charge on any atom is 0.321 e. The van der Waals surface area contributed by atoms with E-state index in [0.717, 1.165) is 24.1 Å². The Bertz CT molecular complexity index is 502. The predicted octanol–water partition coefficient (Wildman–Crippen LogP) is 2.58. The summed E-state index contributed by atoms with van der Waals surface area (Å²) in [6, 6.07) is 7.59. The first kappa shape index (κ1) is 14.4. The molecule has 0 saturated carbocycles. The van der Waals surface area contributed by atoms with E-state index in [9.17, 15) is 9.59 Å². The van der Waals surface area contributed by atoms with Crippen LogP contribution >= 0.6 is 0 Å². The van der Waals surface area contributed by atoms with E-state index in [1.807, 2.05) is 31.2 Å². The lowest BCUT2D eigenvalue weighted by Gasteiger charge is -2.18. The second-order valence-electron chi connectivity index (χ2n) is 5.14. The molecule has 20 heavy (non-hydrogen) atoms. The van der Waals surface area contributed by atoms with Gasteiger partial charge < -0.3 is 15.3 Å². The zero-order valence-corrected chi connectivity index (χ0v) is 11.6. The van der Waals surface area contributed by atoms with Crippen LogP contribution in [0.5, 0.6) is 0 Å². The first-order chi connectivity index (χ1) is 9.60. The van der Waals surface area contributed by atoms with Crippen LogP contribution in [0, 0.1) is 5.92 Å². The summed E-state index contributed by atoms with van der Waals surface area (Å²) in [6.45, 7) is 3.19. The Hall–Kier alpha value is -2.04. The molecule has 1 aliphatic rings. The summed E-state index contributed by atoms with van der Waals surface area (Å²) in [6.07, 6.45) is 1.75. The highest BCUT2D eigenvalue weighted by atomic mass is 16.4. The van der Waals surface area contributed by atoms with Crippen LogP contribution in [-0.4, -0.2) is 35.1 Å². The van der Waals surface area contributed by atoms with E-state index in [4.69, 9.17) is 5.11 Å². The van der Waals surface area contributed by atoms with Gasteiger partial charge >= 0.3 is 12.0 Å². The fourth-order valence-electron chi connectivity index (χ4n) is 2.58. The lowest BCUT2D eigenvalue weighted by molar-refractivity contribution is -0.138. The average Bonchev–Trinajstić information content (AvgIpc) is 2.87. The number of rotatable bonds is 4. The van der Waals surface area contributed by atoms with Crippen molar-refractivity contribution in [3.63, 3.8) is 0 Å². The summed E-state index contributed by atoms with van der Waals surface area (Å²) in [5.74, 6) is -0.728. The molecule has 0 spiro atoms. The van der Waals surface area contributed by atoms with Crippen LogP contribution in [0.1, 0.15) is 25.3 Å². The number of benzene rings is 1. The number of nitrogens with zero attached hydrogens (tertiary/aromatic N) is 1. The minimum absolute atomic E-state index is 0.0691. The Labute approximate surface area is 118 Å². The molecule has 1 fully saturated rings. The van der Waals surface area contributed by atoms with Crippen molar-refractivity contribution in [1.82, 2.24) is 4.90 Å². The monoisotopic (exact) mass is 276 g/mol. The van der Waals surface area contributed by atoms with Gasteiger partial charge in [0, 0.05) is 25.2 Å². The van der Waals surface area contributed by atoms with Crippen LogP contribution in [0.3, 0.4) is 0 Å². The number of likely N-dealkylation sites (tertiary alicyclic amines) is 1. The zero-order valence-electron chi connectivity index (χ0n) is 11.6. The van der Waals surface area contributed by atoms with Crippen molar-refractivity contribution in [3.8, 4) is 0 Å². The number of anilines is 1. The number of carboxylic acids is 1. The predicted molar refractivity (Wildman–Crippen MR) is 76.8 cm³/mol. The molecule has 1 saturated heterocycles. The van der Waals surface area contributed by atoms with E-state index in [-0.39, 0.29) is 18.4 Å². The molecule has 1 aromatic carbocycles. The summed E-state index contributed by atoms with van der Waals surface area (Å²) in [5, 5.41) is 11.7. The highest BCUT2D eigenvalue weighted by Crippen LogP contribution is 2.21. The SMILES string of the molecule is CCc1ccccc1NC(=O)N1CCC(CC(=O)O)C1. The molecule has 1 heterocycles. The van der Waals surface area contributed by atoms with Crippen LogP contribution in [0.2, 0.25) is 0 Å². The number of nitrogens with one attached hydrogen (secondary N) is 1. The van der Waals surface area contributed by atoms with Gasteiger partial charge in [-0.3, -0.25) is 4.79 Å². The molecule has 2 rings (SSSR count). The van der Waals surface area contributed by atoms with Crippen molar-refractivity contribution in [1.29, 1.82) is 0 Å². The van der Waals surface area contributed by atoms with E-state index < -0.39 is 5.97 Å². The minimum atomic E-state index is -0.798. The number of carbonyl (C=O) groups is 2. The van der Waals surface area contributed by atoms with Crippen LogP contribution in [0.25, 0.3) is 0 Å². The number of carboxylic acid groups (broad SMARTS) is 1. The van der Waals surface area contributed by atoms with Crippen molar-refractivity contribution in [2.75, 3.05) is 18.4 Å². The van der Waals surface area contributed by atoms with Crippen molar-refractivity contribution < 1.29 is 14.7 Å². The number of urea groups is 1. The molecule has 1 atom stereocenters. The second kappa shape index (κ2) is 6.41. The Morgan fingerprint density at radius 3 is 2.85 bits per heavy atom. The third-order valence-corrected chi connectivity index (χ3v) is 3.68. The van der Waals surface area contributed by atoms with Crippen molar-refractivity contribution >= 4 is 17.7 Å². The molecule has 1 unspecified atom stereocenters. The Kier molecular flexibility index (Phi) is 4.61. The molecular formula is C15H20N2O3.